The fourth-order valence-corrected chi connectivity index (χ4v) is 1.04. The summed E-state index contributed by atoms with van der Waals surface area (Å²) in [7, 11) is 0. The van der Waals surface area contributed by atoms with Crippen LogP contribution in [0.3, 0.4) is 0 Å². The number of rotatable bonds is 3. The lowest BCUT2D eigenvalue weighted by Gasteiger charge is -2.04. The fraction of sp³-hybridized carbons (Fsp3) is 0.300. The minimum absolute atomic E-state index is 0.0616. The number of halogens is 1. The number of carbonyl (C=O) groups excluding carboxylic acids is 2. The van der Waals surface area contributed by atoms with Crippen LogP contribution in [-0.2, 0) is 9.53 Å². The third kappa shape index (κ3) is 2.37. The summed E-state index contributed by atoms with van der Waals surface area (Å²) in [4.78, 5) is 26.0. The highest BCUT2D eigenvalue weighted by Gasteiger charge is 2.21. The highest BCUT2D eigenvalue weighted by molar-refractivity contribution is 6.40. The van der Waals surface area contributed by atoms with Gasteiger partial charge in [0.25, 0.3) is 5.78 Å². The quantitative estimate of drug-likeness (QED) is 0.429. The lowest BCUT2D eigenvalue weighted by molar-refractivity contribution is -0.137. The maximum absolute atomic E-state index is 13.0. The topological polar surface area (TPSA) is 56.3 Å². The predicted octanol–water partition coefficient (Wildman–Crippen LogP) is 1.27. The number of nitrogens with zero attached hydrogens (tertiary/aromatic N) is 1. The maximum atomic E-state index is 13.0. The minimum Gasteiger partial charge on any atom is -0.460 e. The fourth-order valence-electron chi connectivity index (χ4n) is 1.04. The molecule has 1 aromatic heterocycles. The number of Topliss-reactive ketones (excluding diaryl/α,β-unsaturated/α-hetero) is 1. The number of ketones is 1. The number of aromatic nitrogens is 1. The molecule has 1 rings (SSSR count). The molecule has 0 radical (unpaired) electrons. The molecule has 1 heterocycles. The normalized spacial score (nSPS) is 9.80. The Hall–Kier alpha value is -1.78. The van der Waals surface area contributed by atoms with Crippen LogP contribution in [0, 0.1) is 12.7 Å². The van der Waals surface area contributed by atoms with Gasteiger partial charge in [-0.2, -0.15) is 0 Å². The average molecular weight is 211 g/mol. The zero-order chi connectivity index (χ0) is 11.4. The second kappa shape index (κ2) is 4.63. The van der Waals surface area contributed by atoms with Crippen molar-refractivity contribution in [3.05, 3.63) is 29.3 Å². The van der Waals surface area contributed by atoms with Crippen LogP contribution in [0.1, 0.15) is 22.8 Å². The number of hydrogen-bond donors (Lipinski definition) is 0. The van der Waals surface area contributed by atoms with E-state index in [1.165, 1.54) is 6.92 Å². The van der Waals surface area contributed by atoms with Crippen molar-refractivity contribution in [2.24, 2.45) is 0 Å². The summed E-state index contributed by atoms with van der Waals surface area (Å²) < 4.78 is 17.5. The number of hydrogen-bond acceptors (Lipinski definition) is 4. The van der Waals surface area contributed by atoms with Gasteiger partial charge in [0.05, 0.1) is 18.4 Å². The van der Waals surface area contributed by atoms with Crippen LogP contribution in [0.25, 0.3) is 0 Å². The molecule has 0 aliphatic rings. The van der Waals surface area contributed by atoms with Crippen LogP contribution in [0.15, 0.2) is 12.4 Å². The summed E-state index contributed by atoms with van der Waals surface area (Å²) in [6, 6.07) is 0. The monoisotopic (exact) mass is 211 g/mol. The first-order chi connectivity index (χ1) is 7.07. The van der Waals surface area contributed by atoms with Gasteiger partial charge in [-0.3, -0.25) is 9.78 Å². The summed E-state index contributed by atoms with van der Waals surface area (Å²) in [5.41, 5.74) is 0.0384. The Bertz CT molecular complexity index is 404. The molecule has 1 aromatic rings. The SMILES string of the molecule is CCOC(=O)C(=O)c1cncc(F)c1C. The molecular formula is C10H10FNO3. The van der Waals surface area contributed by atoms with E-state index < -0.39 is 17.6 Å². The summed E-state index contributed by atoms with van der Waals surface area (Å²) in [6.07, 6.45) is 2.13. The van der Waals surface area contributed by atoms with Gasteiger partial charge >= 0.3 is 5.97 Å². The molecule has 80 valence electrons. The molecule has 0 unspecified atom stereocenters. The third-order valence-corrected chi connectivity index (χ3v) is 1.86. The van der Waals surface area contributed by atoms with Crippen molar-refractivity contribution in [2.75, 3.05) is 6.61 Å². The summed E-state index contributed by atoms with van der Waals surface area (Å²) in [6.45, 7) is 3.09. The van der Waals surface area contributed by atoms with Gasteiger partial charge in [-0.05, 0) is 19.4 Å². The van der Waals surface area contributed by atoms with Crippen LogP contribution < -0.4 is 0 Å². The van der Waals surface area contributed by atoms with Crippen molar-refractivity contribution >= 4 is 11.8 Å². The van der Waals surface area contributed by atoms with E-state index in [0.717, 1.165) is 12.4 Å². The highest BCUT2D eigenvalue weighted by atomic mass is 19.1. The van der Waals surface area contributed by atoms with Crippen molar-refractivity contribution in [2.45, 2.75) is 13.8 Å². The Balaban J connectivity index is 3.01. The van der Waals surface area contributed by atoms with Gasteiger partial charge in [0.15, 0.2) is 0 Å². The molecule has 0 aliphatic heterocycles. The van der Waals surface area contributed by atoms with E-state index in [1.54, 1.807) is 6.92 Å². The number of ether oxygens (including phenoxy) is 1. The second-order valence-corrected chi connectivity index (χ2v) is 2.84. The Morgan fingerprint density at radius 1 is 1.47 bits per heavy atom. The van der Waals surface area contributed by atoms with Crippen LogP contribution in [0.2, 0.25) is 0 Å². The smallest absolute Gasteiger partial charge is 0.379 e. The van der Waals surface area contributed by atoms with Gasteiger partial charge in [0, 0.05) is 6.20 Å². The van der Waals surface area contributed by atoms with E-state index in [-0.39, 0.29) is 17.7 Å². The number of pyridine rings is 1. The molecule has 0 spiro atoms. The van der Waals surface area contributed by atoms with Gasteiger partial charge in [0.1, 0.15) is 5.82 Å². The van der Waals surface area contributed by atoms with Crippen LogP contribution >= 0.6 is 0 Å². The zero-order valence-corrected chi connectivity index (χ0v) is 8.41. The summed E-state index contributed by atoms with van der Waals surface area (Å²) in [5, 5.41) is 0. The van der Waals surface area contributed by atoms with Crippen molar-refractivity contribution < 1.29 is 18.7 Å². The molecule has 0 fully saturated rings. The first kappa shape index (κ1) is 11.3. The summed E-state index contributed by atoms with van der Waals surface area (Å²) in [5.74, 6) is -2.49. The van der Waals surface area contributed by atoms with Gasteiger partial charge in [0.2, 0.25) is 0 Å². The van der Waals surface area contributed by atoms with Crippen molar-refractivity contribution in [1.82, 2.24) is 4.98 Å². The van der Waals surface area contributed by atoms with Gasteiger partial charge in [-0.1, -0.05) is 0 Å². The van der Waals surface area contributed by atoms with Gasteiger partial charge in [-0.25, -0.2) is 9.18 Å². The van der Waals surface area contributed by atoms with Crippen LogP contribution in [0.4, 0.5) is 4.39 Å². The molecule has 5 heteroatoms. The molecule has 0 bridgehead atoms. The Kier molecular flexibility index (Phi) is 3.49. The molecule has 15 heavy (non-hydrogen) atoms. The van der Waals surface area contributed by atoms with E-state index in [0.29, 0.717) is 0 Å². The Labute approximate surface area is 86.1 Å². The minimum atomic E-state index is -0.993. The third-order valence-electron chi connectivity index (χ3n) is 1.86. The van der Waals surface area contributed by atoms with E-state index in [1.807, 2.05) is 0 Å². The molecule has 0 amide bonds. The zero-order valence-electron chi connectivity index (χ0n) is 8.41. The molecule has 0 saturated heterocycles. The predicted molar refractivity (Wildman–Crippen MR) is 49.9 cm³/mol. The Morgan fingerprint density at radius 2 is 2.13 bits per heavy atom. The van der Waals surface area contributed by atoms with Crippen molar-refractivity contribution in [3.8, 4) is 0 Å². The molecule has 0 saturated carbocycles. The molecule has 0 N–H and O–H groups in total. The lowest BCUT2D eigenvalue weighted by atomic mass is 10.1. The molecular weight excluding hydrogens is 201 g/mol. The molecule has 0 atom stereocenters. The van der Waals surface area contributed by atoms with Crippen molar-refractivity contribution in [3.63, 3.8) is 0 Å². The van der Waals surface area contributed by atoms with Crippen LogP contribution in [-0.4, -0.2) is 23.3 Å². The number of esters is 1. The highest BCUT2D eigenvalue weighted by Crippen LogP contribution is 2.11. The number of carbonyl (C=O) groups is 2. The molecule has 4 nitrogen and oxygen atoms in total. The van der Waals surface area contributed by atoms with Crippen LogP contribution in [0.5, 0.6) is 0 Å². The van der Waals surface area contributed by atoms with Crippen molar-refractivity contribution in [1.29, 1.82) is 0 Å². The maximum Gasteiger partial charge on any atom is 0.379 e. The van der Waals surface area contributed by atoms with E-state index in [9.17, 15) is 14.0 Å². The van der Waals surface area contributed by atoms with E-state index in [2.05, 4.69) is 9.72 Å². The Morgan fingerprint density at radius 3 is 2.73 bits per heavy atom. The second-order valence-electron chi connectivity index (χ2n) is 2.84. The van der Waals surface area contributed by atoms with E-state index >= 15 is 0 Å². The molecule has 0 aromatic carbocycles. The largest absolute Gasteiger partial charge is 0.460 e. The van der Waals surface area contributed by atoms with Gasteiger partial charge < -0.3 is 4.74 Å². The first-order valence-electron chi connectivity index (χ1n) is 4.39. The lowest BCUT2D eigenvalue weighted by Crippen LogP contribution is -2.19. The summed E-state index contributed by atoms with van der Waals surface area (Å²) >= 11 is 0. The standard InChI is InChI=1S/C10H10FNO3/c1-3-15-10(14)9(13)7-4-12-5-8(11)6(7)2/h4-5H,3H2,1-2H3. The van der Waals surface area contributed by atoms with E-state index in [4.69, 9.17) is 0 Å². The average Bonchev–Trinajstić information content (AvgIpc) is 2.21. The first-order valence-corrected chi connectivity index (χ1v) is 4.39. The molecule has 0 aliphatic carbocycles. The van der Waals surface area contributed by atoms with Gasteiger partial charge in [-0.15, -0.1) is 0 Å².